The standard InChI is InChI=1S/C23H24ClF2N3O4S/c1-23(10-29(11-23)21-19(26)6-14(24)9-27-21)12-33-20-8-18(25)17(7-16(20)13-2-3-13)22(30)28-34(31,32)15-4-5-15/h6-9,13,15H,2-5,10-12H2,1H3,(H,28,30). The summed E-state index contributed by atoms with van der Waals surface area (Å²) in [7, 11) is -3.78. The molecular weight excluding hydrogens is 488 g/mol. The molecule has 0 atom stereocenters. The summed E-state index contributed by atoms with van der Waals surface area (Å²) < 4.78 is 61.1. The first-order valence-electron chi connectivity index (χ1n) is 11.1. The van der Waals surface area contributed by atoms with E-state index < -0.39 is 32.8 Å². The lowest BCUT2D eigenvalue weighted by Gasteiger charge is -2.48. The van der Waals surface area contributed by atoms with Crippen molar-refractivity contribution in [2.24, 2.45) is 5.41 Å². The lowest BCUT2D eigenvalue weighted by atomic mass is 9.83. The topological polar surface area (TPSA) is 88.6 Å². The van der Waals surface area contributed by atoms with E-state index in [4.69, 9.17) is 16.3 Å². The average Bonchev–Trinajstić information content (AvgIpc) is 3.61. The summed E-state index contributed by atoms with van der Waals surface area (Å²) in [4.78, 5) is 18.3. The van der Waals surface area contributed by atoms with Crippen molar-refractivity contribution < 1.29 is 26.7 Å². The zero-order valence-electron chi connectivity index (χ0n) is 18.5. The molecule has 2 saturated carbocycles. The van der Waals surface area contributed by atoms with Crippen LogP contribution in [0.2, 0.25) is 5.02 Å². The lowest BCUT2D eigenvalue weighted by molar-refractivity contribution is 0.0976. The third kappa shape index (κ3) is 4.70. The summed E-state index contributed by atoms with van der Waals surface area (Å²) in [5.41, 5.74) is 0.0868. The molecule has 2 heterocycles. The van der Waals surface area contributed by atoms with Crippen molar-refractivity contribution in [1.82, 2.24) is 9.71 Å². The molecule has 1 saturated heterocycles. The van der Waals surface area contributed by atoms with Crippen LogP contribution in [0.15, 0.2) is 24.4 Å². The maximum absolute atomic E-state index is 14.8. The summed E-state index contributed by atoms with van der Waals surface area (Å²) in [6.45, 7) is 3.24. The number of amides is 1. The van der Waals surface area contributed by atoms with Crippen LogP contribution in [0, 0.1) is 17.0 Å². The van der Waals surface area contributed by atoms with Crippen LogP contribution < -0.4 is 14.4 Å². The van der Waals surface area contributed by atoms with Crippen LogP contribution in [0.25, 0.3) is 0 Å². The molecule has 7 nitrogen and oxygen atoms in total. The number of carbonyl (C=O) groups is 1. The minimum atomic E-state index is -3.78. The number of sulfonamides is 1. The molecule has 1 aliphatic heterocycles. The molecule has 1 N–H and O–H groups in total. The fourth-order valence-corrected chi connectivity index (χ4v) is 5.67. The highest BCUT2D eigenvalue weighted by Gasteiger charge is 2.42. The van der Waals surface area contributed by atoms with E-state index in [2.05, 4.69) is 4.98 Å². The number of carbonyl (C=O) groups excluding carboxylic acids is 1. The van der Waals surface area contributed by atoms with E-state index in [-0.39, 0.29) is 34.3 Å². The largest absolute Gasteiger partial charge is 0.492 e. The minimum Gasteiger partial charge on any atom is -0.492 e. The van der Waals surface area contributed by atoms with E-state index in [1.165, 1.54) is 18.3 Å². The van der Waals surface area contributed by atoms with Crippen molar-refractivity contribution in [3.8, 4) is 5.75 Å². The number of hydrogen-bond donors (Lipinski definition) is 1. The van der Waals surface area contributed by atoms with E-state index in [0.29, 0.717) is 37.2 Å². The van der Waals surface area contributed by atoms with Gasteiger partial charge in [-0.1, -0.05) is 18.5 Å². The second-order valence-corrected chi connectivity index (χ2v) is 12.1. The van der Waals surface area contributed by atoms with E-state index in [9.17, 15) is 22.0 Å². The fraction of sp³-hybridized carbons (Fsp3) is 0.478. The molecule has 11 heteroatoms. The summed E-state index contributed by atoms with van der Waals surface area (Å²) in [5, 5.41) is -0.353. The molecule has 2 aromatic rings. The second kappa shape index (κ2) is 8.34. The fourth-order valence-electron chi connectivity index (χ4n) is 4.24. The number of pyridine rings is 1. The number of rotatable bonds is 8. The van der Waals surface area contributed by atoms with Gasteiger partial charge in [0.25, 0.3) is 5.91 Å². The normalized spacial score (nSPS) is 19.5. The molecule has 0 spiro atoms. The first kappa shape index (κ1) is 23.3. The quantitative estimate of drug-likeness (QED) is 0.576. The third-order valence-electron chi connectivity index (χ3n) is 6.37. The van der Waals surface area contributed by atoms with Crippen molar-refractivity contribution in [2.45, 2.75) is 43.8 Å². The Kier molecular flexibility index (Phi) is 5.71. The Labute approximate surface area is 201 Å². The summed E-state index contributed by atoms with van der Waals surface area (Å²) in [5.74, 6) is -1.58. The number of nitrogens with one attached hydrogen (secondary N) is 1. The Morgan fingerprint density at radius 1 is 1.21 bits per heavy atom. The molecule has 3 fully saturated rings. The smallest absolute Gasteiger partial charge is 0.267 e. The number of anilines is 1. The Bertz CT molecular complexity index is 1260. The number of ether oxygens (including phenoxy) is 1. The van der Waals surface area contributed by atoms with Gasteiger partial charge in [-0.05, 0) is 49.3 Å². The van der Waals surface area contributed by atoms with Gasteiger partial charge in [-0.3, -0.25) is 4.79 Å². The Morgan fingerprint density at radius 2 is 1.91 bits per heavy atom. The number of nitrogens with zero attached hydrogens (tertiary/aromatic N) is 2. The van der Waals surface area contributed by atoms with Crippen molar-refractivity contribution in [3.05, 3.63) is 52.2 Å². The third-order valence-corrected chi connectivity index (χ3v) is 8.39. The molecule has 0 unspecified atom stereocenters. The molecule has 34 heavy (non-hydrogen) atoms. The molecule has 3 aliphatic rings. The van der Waals surface area contributed by atoms with Crippen LogP contribution in [0.5, 0.6) is 5.75 Å². The Hall–Kier alpha value is -2.46. The Morgan fingerprint density at radius 3 is 2.53 bits per heavy atom. The number of halogens is 3. The Balaban J connectivity index is 1.28. The highest BCUT2D eigenvalue weighted by molar-refractivity contribution is 7.91. The van der Waals surface area contributed by atoms with Crippen molar-refractivity contribution in [2.75, 3.05) is 24.6 Å². The van der Waals surface area contributed by atoms with Crippen molar-refractivity contribution in [1.29, 1.82) is 0 Å². The summed E-state index contributed by atoms with van der Waals surface area (Å²) in [6, 6.07) is 3.78. The maximum Gasteiger partial charge on any atom is 0.267 e. The van der Waals surface area contributed by atoms with Gasteiger partial charge >= 0.3 is 0 Å². The van der Waals surface area contributed by atoms with Crippen LogP contribution in [0.1, 0.15) is 54.4 Å². The predicted molar refractivity (Wildman–Crippen MR) is 123 cm³/mol. The van der Waals surface area contributed by atoms with E-state index in [1.54, 1.807) is 4.90 Å². The zero-order valence-corrected chi connectivity index (χ0v) is 20.1. The van der Waals surface area contributed by atoms with Gasteiger partial charge in [-0.25, -0.2) is 26.9 Å². The zero-order chi connectivity index (χ0) is 24.3. The van der Waals surface area contributed by atoms with Gasteiger partial charge in [0.15, 0.2) is 11.6 Å². The van der Waals surface area contributed by atoms with E-state index in [1.807, 2.05) is 11.6 Å². The first-order valence-corrected chi connectivity index (χ1v) is 13.1. The highest BCUT2D eigenvalue weighted by Crippen LogP contribution is 2.46. The minimum absolute atomic E-state index is 0.139. The van der Waals surface area contributed by atoms with Gasteiger partial charge in [-0.2, -0.15) is 0 Å². The molecule has 2 aliphatic carbocycles. The highest BCUT2D eigenvalue weighted by atomic mass is 35.5. The predicted octanol–water partition coefficient (Wildman–Crippen LogP) is 4.02. The second-order valence-electron chi connectivity index (χ2n) is 9.73. The van der Waals surface area contributed by atoms with Gasteiger partial charge in [0.2, 0.25) is 10.0 Å². The van der Waals surface area contributed by atoms with Crippen molar-refractivity contribution >= 4 is 33.3 Å². The molecular formula is C23H24ClF2N3O4S. The molecule has 5 rings (SSSR count). The van der Waals surface area contributed by atoms with Crippen LogP contribution in [0.4, 0.5) is 14.6 Å². The van der Waals surface area contributed by atoms with Crippen LogP contribution in [-0.2, 0) is 10.0 Å². The number of aromatic nitrogens is 1. The SMILES string of the molecule is CC1(COc2cc(F)c(C(=O)NS(=O)(=O)C3CC3)cc2C2CC2)CN(c2ncc(Cl)cc2F)C1. The van der Waals surface area contributed by atoms with E-state index in [0.717, 1.165) is 18.9 Å². The molecule has 0 bridgehead atoms. The van der Waals surface area contributed by atoms with Gasteiger partial charge in [0, 0.05) is 30.8 Å². The molecule has 1 amide bonds. The summed E-state index contributed by atoms with van der Waals surface area (Å²) >= 11 is 5.77. The summed E-state index contributed by atoms with van der Waals surface area (Å²) in [6.07, 6.45) is 4.17. The lowest BCUT2D eigenvalue weighted by Crippen LogP contribution is -2.58. The number of benzene rings is 1. The molecule has 182 valence electrons. The number of hydrogen-bond acceptors (Lipinski definition) is 6. The van der Waals surface area contributed by atoms with Gasteiger partial charge in [-0.15, -0.1) is 0 Å². The maximum atomic E-state index is 14.8. The molecule has 1 aromatic heterocycles. The van der Waals surface area contributed by atoms with Gasteiger partial charge in [0.1, 0.15) is 11.6 Å². The molecule has 1 aromatic carbocycles. The first-order chi connectivity index (χ1) is 16.0. The van der Waals surface area contributed by atoms with Crippen LogP contribution in [-0.4, -0.2) is 44.3 Å². The monoisotopic (exact) mass is 511 g/mol. The van der Waals surface area contributed by atoms with Gasteiger partial charge in [0.05, 0.1) is 22.4 Å². The van der Waals surface area contributed by atoms with Crippen molar-refractivity contribution in [3.63, 3.8) is 0 Å². The van der Waals surface area contributed by atoms with E-state index >= 15 is 0 Å². The van der Waals surface area contributed by atoms with Crippen LogP contribution in [0.3, 0.4) is 0 Å². The van der Waals surface area contributed by atoms with Crippen LogP contribution >= 0.6 is 11.6 Å². The average molecular weight is 512 g/mol. The van der Waals surface area contributed by atoms with Gasteiger partial charge < -0.3 is 9.64 Å². The molecule has 0 radical (unpaired) electrons.